The topological polar surface area (TPSA) is 12.5 Å². The van der Waals surface area contributed by atoms with E-state index in [1.165, 1.54) is 16.7 Å². The molecule has 0 aliphatic carbocycles. The number of hydrogen-bond acceptors (Lipinski definition) is 3. The maximum atomic E-state index is 5.32. The molecule has 0 N–H and O–H groups in total. The van der Waals surface area contributed by atoms with Crippen LogP contribution >= 0.6 is 12.6 Å². The molecule has 0 fully saturated rings. The normalized spacial score (nSPS) is 12.9. The first-order valence-electron chi connectivity index (χ1n) is 5.44. The summed E-state index contributed by atoms with van der Waals surface area (Å²) in [5, 5.41) is 0. The second-order valence-corrected chi connectivity index (χ2v) is 4.63. The van der Waals surface area contributed by atoms with Gasteiger partial charge in [0.1, 0.15) is 5.75 Å². The molecule has 1 aromatic carbocycles. The molecule has 0 saturated heterocycles. The summed E-state index contributed by atoms with van der Waals surface area (Å²) in [4.78, 5) is 2.20. The average Bonchev–Trinajstić information content (AvgIpc) is 2.25. The number of rotatable bonds is 4. The maximum absolute atomic E-state index is 5.32. The van der Waals surface area contributed by atoms with E-state index in [0.717, 1.165) is 11.5 Å². The van der Waals surface area contributed by atoms with Crippen LogP contribution in [-0.4, -0.2) is 31.9 Å². The Morgan fingerprint density at radius 2 is 1.88 bits per heavy atom. The fraction of sp³-hybridized carbons (Fsp3) is 0.538. The highest BCUT2D eigenvalue weighted by Crippen LogP contribution is 2.30. The van der Waals surface area contributed by atoms with E-state index in [4.69, 9.17) is 4.74 Å². The Bertz CT molecular complexity index is 363. The van der Waals surface area contributed by atoms with Gasteiger partial charge in [0.25, 0.3) is 0 Å². The molecule has 0 aliphatic heterocycles. The second kappa shape index (κ2) is 5.60. The smallest absolute Gasteiger partial charge is 0.122 e. The second-order valence-electron chi connectivity index (χ2n) is 4.27. The monoisotopic (exact) mass is 239 g/mol. The lowest BCUT2D eigenvalue weighted by Crippen LogP contribution is -2.22. The van der Waals surface area contributed by atoms with Gasteiger partial charge in [0, 0.05) is 11.8 Å². The molecule has 1 atom stereocenters. The van der Waals surface area contributed by atoms with Gasteiger partial charge < -0.3 is 9.64 Å². The van der Waals surface area contributed by atoms with E-state index in [-0.39, 0.29) is 0 Å². The number of ether oxygens (including phenoxy) is 1. The summed E-state index contributed by atoms with van der Waals surface area (Å²) >= 11 is 4.42. The zero-order chi connectivity index (χ0) is 12.3. The summed E-state index contributed by atoms with van der Waals surface area (Å²) in [7, 11) is 5.88. The zero-order valence-corrected chi connectivity index (χ0v) is 11.6. The van der Waals surface area contributed by atoms with E-state index in [0.29, 0.717) is 6.04 Å². The Hall–Kier alpha value is -0.670. The van der Waals surface area contributed by atoms with Crippen molar-refractivity contribution in [3.63, 3.8) is 0 Å². The van der Waals surface area contributed by atoms with Crippen molar-refractivity contribution >= 4 is 12.6 Å². The van der Waals surface area contributed by atoms with Crippen LogP contribution in [0.4, 0.5) is 0 Å². The third kappa shape index (κ3) is 2.53. The van der Waals surface area contributed by atoms with Crippen LogP contribution < -0.4 is 4.74 Å². The summed E-state index contributed by atoms with van der Waals surface area (Å²) < 4.78 is 5.32. The molecule has 0 aliphatic rings. The molecule has 1 unspecified atom stereocenters. The molecule has 2 nitrogen and oxygen atoms in total. The van der Waals surface area contributed by atoms with Crippen LogP contribution in [-0.2, 0) is 0 Å². The van der Waals surface area contributed by atoms with Crippen LogP contribution in [0.25, 0.3) is 0 Å². The molecule has 3 heteroatoms. The van der Waals surface area contributed by atoms with Crippen LogP contribution in [0.15, 0.2) is 12.1 Å². The maximum Gasteiger partial charge on any atom is 0.122 e. The lowest BCUT2D eigenvalue weighted by Gasteiger charge is -2.25. The van der Waals surface area contributed by atoms with Crippen molar-refractivity contribution in [2.45, 2.75) is 19.9 Å². The van der Waals surface area contributed by atoms with Crippen molar-refractivity contribution in [1.82, 2.24) is 4.90 Å². The van der Waals surface area contributed by atoms with Gasteiger partial charge >= 0.3 is 0 Å². The molecule has 0 spiro atoms. The van der Waals surface area contributed by atoms with Gasteiger partial charge in [-0.15, -0.1) is 0 Å². The molecule has 0 amide bonds. The SMILES string of the molecule is COc1ccc(C(CS)N(C)C)c(C)c1C. The first-order chi connectivity index (χ1) is 7.52. The highest BCUT2D eigenvalue weighted by Gasteiger charge is 2.16. The standard InChI is InChI=1S/C13H21NOS/c1-9-10(2)13(15-5)7-6-11(9)12(8-16)14(3)4/h6-7,12,16H,8H2,1-5H3. The summed E-state index contributed by atoms with van der Waals surface area (Å²) in [6, 6.07) is 4.53. The van der Waals surface area contributed by atoms with Crippen LogP contribution in [0, 0.1) is 13.8 Å². The van der Waals surface area contributed by atoms with Gasteiger partial charge in [-0.3, -0.25) is 0 Å². The van der Waals surface area contributed by atoms with Crippen molar-refractivity contribution in [1.29, 1.82) is 0 Å². The molecule has 0 saturated carbocycles. The van der Waals surface area contributed by atoms with Crippen molar-refractivity contribution in [2.75, 3.05) is 27.0 Å². The zero-order valence-electron chi connectivity index (χ0n) is 10.7. The molecule has 0 radical (unpaired) electrons. The Kier molecular flexibility index (Phi) is 4.69. The average molecular weight is 239 g/mol. The van der Waals surface area contributed by atoms with Crippen LogP contribution in [0.2, 0.25) is 0 Å². The first kappa shape index (κ1) is 13.4. The number of methoxy groups -OCH3 is 1. The molecule has 0 aromatic heterocycles. The predicted octanol–water partition coefficient (Wildman–Crippen LogP) is 2.84. The van der Waals surface area contributed by atoms with E-state index in [1.807, 2.05) is 6.07 Å². The minimum Gasteiger partial charge on any atom is -0.496 e. The quantitative estimate of drug-likeness (QED) is 0.811. The molecule has 0 heterocycles. The Labute approximate surface area is 104 Å². The molecule has 1 rings (SSSR count). The van der Waals surface area contributed by atoms with Crippen LogP contribution in [0.1, 0.15) is 22.7 Å². The highest BCUT2D eigenvalue weighted by molar-refractivity contribution is 7.80. The predicted molar refractivity (Wildman–Crippen MR) is 72.7 cm³/mol. The number of hydrogen-bond donors (Lipinski definition) is 1. The highest BCUT2D eigenvalue weighted by atomic mass is 32.1. The van der Waals surface area contributed by atoms with Gasteiger partial charge in [-0.05, 0) is 50.7 Å². The van der Waals surface area contributed by atoms with Gasteiger partial charge in [0.05, 0.1) is 7.11 Å². The fourth-order valence-electron chi connectivity index (χ4n) is 1.94. The van der Waals surface area contributed by atoms with E-state index >= 15 is 0 Å². The molecular weight excluding hydrogens is 218 g/mol. The lowest BCUT2D eigenvalue weighted by molar-refractivity contribution is 0.325. The van der Waals surface area contributed by atoms with Crippen molar-refractivity contribution in [3.8, 4) is 5.75 Å². The fourth-order valence-corrected chi connectivity index (χ4v) is 2.46. The summed E-state index contributed by atoms with van der Waals surface area (Å²) in [6.07, 6.45) is 0. The van der Waals surface area contributed by atoms with E-state index in [1.54, 1.807) is 7.11 Å². The Morgan fingerprint density at radius 3 is 2.31 bits per heavy atom. The van der Waals surface area contributed by atoms with Gasteiger partial charge in [-0.2, -0.15) is 12.6 Å². The first-order valence-corrected chi connectivity index (χ1v) is 6.07. The summed E-state index contributed by atoms with van der Waals surface area (Å²) in [6.45, 7) is 4.25. The minimum absolute atomic E-state index is 0.355. The third-order valence-corrected chi connectivity index (χ3v) is 3.50. The summed E-state index contributed by atoms with van der Waals surface area (Å²) in [5.74, 6) is 1.78. The van der Waals surface area contributed by atoms with E-state index < -0.39 is 0 Å². The van der Waals surface area contributed by atoms with Crippen LogP contribution in [0.3, 0.4) is 0 Å². The molecule has 1 aromatic rings. The number of thiol groups is 1. The van der Waals surface area contributed by atoms with E-state index in [2.05, 4.69) is 51.5 Å². The Balaban J connectivity index is 3.20. The van der Waals surface area contributed by atoms with Crippen molar-refractivity contribution in [2.24, 2.45) is 0 Å². The third-order valence-electron chi connectivity index (χ3n) is 3.15. The summed E-state index contributed by atoms with van der Waals surface area (Å²) in [5.41, 5.74) is 3.85. The molecule has 16 heavy (non-hydrogen) atoms. The van der Waals surface area contributed by atoms with Crippen molar-refractivity contribution < 1.29 is 4.74 Å². The van der Waals surface area contributed by atoms with Gasteiger partial charge in [0.15, 0.2) is 0 Å². The Morgan fingerprint density at radius 1 is 1.25 bits per heavy atom. The van der Waals surface area contributed by atoms with Crippen molar-refractivity contribution in [3.05, 3.63) is 28.8 Å². The molecule has 0 bridgehead atoms. The molecular formula is C13H21NOS. The lowest BCUT2D eigenvalue weighted by atomic mass is 9.97. The minimum atomic E-state index is 0.355. The number of nitrogens with zero attached hydrogens (tertiary/aromatic N) is 1. The van der Waals surface area contributed by atoms with E-state index in [9.17, 15) is 0 Å². The number of benzene rings is 1. The largest absolute Gasteiger partial charge is 0.496 e. The molecule has 90 valence electrons. The van der Waals surface area contributed by atoms with Gasteiger partial charge in [-0.25, -0.2) is 0 Å². The van der Waals surface area contributed by atoms with Gasteiger partial charge in [0.2, 0.25) is 0 Å². The van der Waals surface area contributed by atoms with Crippen LogP contribution in [0.5, 0.6) is 5.75 Å². The van der Waals surface area contributed by atoms with Gasteiger partial charge in [-0.1, -0.05) is 6.07 Å².